The summed E-state index contributed by atoms with van der Waals surface area (Å²) in [5, 5.41) is 10.5. The molecule has 2 saturated carbocycles. The molecule has 0 unspecified atom stereocenters. The number of aliphatic hydroxyl groups excluding tert-OH is 1. The fourth-order valence-electron chi connectivity index (χ4n) is 6.09. The normalized spacial score (nSPS) is 33.2. The van der Waals surface area contributed by atoms with E-state index in [1.165, 1.54) is 24.8 Å². The number of hydrogen-bond donors (Lipinski definition) is 1. The van der Waals surface area contributed by atoms with Crippen LogP contribution in [0.2, 0.25) is 0 Å². The minimum absolute atomic E-state index is 0.282. The average Bonchev–Trinajstić information content (AvgIpc) is 3.04. The van der Waals surface area contributed by atoms with Crippen LogP contribution in [0.4, 0.5) is 0 Å². The van der Waals surface area contributed by atoms with Crippen LogP contribution >= 0.6 is 0 Å². The third-order valence-corrected chi connectivity index (χ3v) is 8.67. The molecule has 3 aliphatic rings. The van der Waals surface area contributed by atoms with Crippen molar-refractivity contribution in [3.05, 3.63) is 35.9 Å². The second kappa shape index (κ2) is 8.66. The minimum atomic E-state index is -0.282. The maximum atomic E-state index is 10.5. The Labute approximate surface area is 177 Å². The van der Waals surface area contributed by atoms with Crippen LogP contribution in [0.1, 0.15) is 52.0 Å². The van der Waals surface area contributed by atoms with Gasteiger partial charge in [0.1, 0.15) is 0 Å². The number of aliphatic hydroxyl groups is 1. The summed E-state index contributed by atoms with van der Waals surface area (Å²) in [6.07, 6.45) is 4.72. The molecule has 1 aliphatic heterocycles. The van der Waals surface area contributed by atoms with Gasteiger partial charge in [0.15, 0.2) is 0 Å². The van der Waals surface area contributed by atoms with Gasteiger partial charge in [0.05, 0.1) is 12.2 Å². The topological polar surface area (TPSA) is 35.9 Å². The highest BCUT2D eigenvalue weighted by atomic mass is 16.5. The van der Waals surface area contributed by atoms with Crippen molar-refractivity contribution < 1.29 is 9.84 Å². The minimum Gasteiger partial charge on any atom is -0.392 e. The molecule has 29 heavy (non-hydrogen) atoms. The Balaban J connectivity index is 1.14. The summed E-state index contributed by atoms with van der Waals surface area (Å²) < 4.78 is 6.33. The molecule has 3 fully saturated rings. The van der Waals surface area contributed by atoms with Crippen LogP contribution in [0.25, 0.3) is 0 Å². The van der Waals surface area contributed by atoms with Crippen molar-refractivity contribution in [2.45, 2.75) is 65.2 Å². The van der Waals surface area contributed by atoms with Crippen molar-refractivity contribution in [3.8, 4) is 0 Å². The highest BCUT2D eigenvalue weighted by molar-refractivity contribution is 5.14. The number of benzene rings is 1. The molecular weight excluding hydrogens is 360 g/mol. The van der Waals surface area contributed by atoms with E-state index in [1.807, 2.05) is 0 Å². The summed E-state index contributed by atoms with van der Waals surface area (Å²) in [5.74, 6) is 0.814. The lowest BCUT2D eigenvalue weighted by atomic mass is 9.70. The van der Waals surface area contributed by atoms with Crippen molar-refractivity contribution in [2.24, 2.45) is 16.7 Å². The van der Waals surface area contributed by atoms with Gasteiger partial charge in [-0.1, -0.05) is 51.1 Å². The zero-order valence-corrected chi connectivity index (χ0v) is 18.6. The van der Waals surface area contributed by atoms with Crippen molar-refractivity contribution in [1.82, 2.24) is 9.80 Å². The number of rotatable bonds is 8. The molecule has 2 bridgehead atoms. The molecule has 0 radical (unpaired) electrons. The SMILES string of the molecule is CC1(C)[C@H]2CC[C@@]1(C)[C@@H](OCC[C@H](O)CN1CCN(Cc3ccccc3)CC1)C2. The van der Waals surface area contributed by atoms with Crippen LogP contribution in [0.3, 0.4) is 0 Å². The number of piperazine rings is 1. The van der Waals surface area contributed by atoms with Gasteiger partial charge >= 0.3 is 0 Å². The standard InChI is InChI=1S/C25H40N2O2/c1-24(2)21-9-11-25(24,3)23(17-21)29-16-10-22(28)19-27-14-12-26(13-15-27)18-20-7-5-4-6-8-20/h4-8,21-23,28H,9-19H2,1-3H3/t21-,22-,23-,25-/m0/s1. The zero-order chi connectivity index (χ0) is 20.5. The summed E-state index contributed by atoms with van der Waals surface area (Å²) >= 11 is 0. The van der Waals surface area contributed by atoms with Gasteiger partial charge in [-0.3, -0.25) is 9.80 Å². The first-order valence-corrected chi connectivity index (χ1v) is 11.7. The summed E-state index contributed by atoms with van der Waals surface area (Å²) in [4.78, 5) is 4.92. The molecule has 162 valence electrons. The molecule has 1 saturated heterocycles. The first-order valence-electron chi connectivity index (χ1n) is 11.7. The molecule has 1 aromatic carbocycles. The molecule has 4 heteroatoms. The summed E-state index contributed by atoms with van der Waals surface area (Å²) in [7, 11) is 0. The fourth-order valence-corrected chi connectivity index (χ4v) is 6.09. The number of hydrogen-bond acceptors (Lipinski definition) is 4. The molecule has 4 rings (SSSR count). The van der Waals surface area contributed by atoms with Crippen LogP contribution in [0.5, 0.6) is 0 Å². The average molecular weight is 401 g/mol. The summed E-state index contributed by atoms with van der Waals surface area (Å²) in [6.45, 7) is 14.0. The molecule has 1 heterocycles. The molecule has 2 aliphatic carbocycles. The maximum absolute atomic E-state index is 10.5. The predicted octanol–water partition coefficient (Wildman–Crippen LogP) is 3.79. The van der Waals surface area contributed by atoms with Gasteiger partial charge in [0, 0.05) is 45.9 Å². The molecule has 0 amide bonds. The van der Waals surface area contributed by atoms with E-state index in [0.29, 0.717) is 23.5 Å². The van der Waals surface area contributed by atoms with Gasteiger partial charge in [-0.05, 0) is 48.0 Å². The van der Waals surface area contributed by atoms with E-state index in [1.54, 1.807) is 0 Å². The molecule has 0 aromatic heterocycles. The van der Waals surface area contributed by atoms with Crippen LogP contribution in [0, 0.1) is 16.7 Å². The number of fused-ring (bicyclic) bond motifs is 2. The van der Waals surface area contributed by atoms with E-state index < -0.39 is 0 Å². The van der Waals surface area contributed by atoms with Crippen LogP contribution < -0.4 is 0 Å². The summed E-state index contributed by atoms with van der Waals surface area (Å²) in [6, 6.07) is 10.7. The van der Waals surface area contributed by atoms with Crippen LogP contribution in [-0.2, 0) is 11.3 Å². The lowest BCUT2D eigenvalue weighted by Crippen LogP contribution is -2.48. The highest BCUT2D eigenvalue weighted by Crippen LogP contribution is 2.66. The number of β-amino-alcohol motifs (C(OH)–C–C–N with tert-alkyl or cyclic N) is 1. The van der Waals surface area contributed by atoms with Gasteiger partial charge in [-0.2, -0.15) is 0 Å². The van der Waals surface area contributed by atoms with Crippen LogP contribution in [0.15, 0.2) is 30.3 Å². The van der Waals surface area contributed by atoms with Gasteiger partial charge in [-0.25, -0.2) is 0 Å². The second-order valence-electron chi connectivity index (χ2n) is 10.5. The first kappa shape index (κ1) is 21.3. The van der Waals surface area contributed by atoms with E-state index in [9.17, 15) is 5.11 Å². The van der Waals surface area contributed by atoms with E-state index in [2.05, 4.69) is 60.9 Å². The Bertz CT molecular complexity index is 656. The Morgan fingerprint density at radius 3 is 2.38 bits per heavy atom. The summed E-state index contributed by atoms with van der Waals surface area (Å²) in [5.41, 5.74) is 2.10. The highest BCUT2D eigenvalue weighted by Gasteiger charge is 2.61. The van der Waals surface area contributed by atoms with Crippen molar-refractivity contribution in [2.75, 3.05) is 39.3 Å². The Kier molecular flexibility index (Phi) is 6.36. The third-order valence-electron chi connectivity index (χ3n) is 8.67. The van der Waals surface area contributed by atoms with Crippen LogP contribution in [-0.4, -0.2) is 66.4 Å². The zero-order valence-electron chi connectivity index (χ0n) is 18.6. The van der Waals surface area contributed by atoms with Crippen molar-refractivity contribution >= 4 is 0 Å². The molecule has 1 aromatic rings. The Morgan fingerprint density at radius 2 is 1.76 bits per heavy atom. The van der Waals surface area contributed by atoms with Crippen molar-refractivity contribution in [3.63, 3.8) is 0 Å². The van der Waals surface area contributed by atoms with Gasteiger partial charge < -0.3 is 9.84 Å². The number of ether oxygens (including phenoxy) is 1. The molecule has 1 N–H and O–H groups in total. The fraction of sp³-hybridized carbons (Fsp3) is 0.760. The first-order chi connectivity index (χ1) is 13.9. The monoisotopic (exact) mass is 400 g/mol. The van der Waals surface area contributed by atoms with E-state index in [0.717, 1.165) is 51.6 Å². The van der Waals surface area contributed by atoms with E-state index in [-0.39, 0.29) is 6.10 Å². The number of nitrogens with zero attached hydrogens (tertiary/aromatic N) is 2. The largest absolute Gasteiger partial charge is 0.392 e. The second-order valence-corrected chi connectivity index (χ2v) is 10.5. The third kappa shape index (κ3) is 4.41. The van der Waals surface area contributed by atoms with Crippen molar-refractivity contribution in [1.29, 1.82) is 0 Å². The predicted molar refractivity (Wildman–Crippen MR) is 118 cm³/mol. The molecule has 0 spiro atoms. The quantitative estimate of drug-likeness (QED) is 0.720. The lowest BCUT2D eigenvalue weighted by molar-refractivity contribution is -0.0570. The molecular formula is C25H40N2O2. The molecule has 4 atom stereocenters. The van der Waals surface area contributed by atoms with Gasteiger partial charge in [0.2, 0.25) is 0 Å². The van der Waals surface area contributed by atoms with E-state index >= 15 is 0 Å². The molecule has 4 nitrogen and oxygen atoms in total. The van der Waals surface area contributed by atoms with E-state index in [4.69, 9.17) is 4.74 Å². The Morgan fingerprint density at radius 1 is 1.07 bits per heavy atom. The lowest BCUT2D eigenvalue weighted by Gasteiger charge is -2.39. The Hall–Kier alpha value is -0.940. The van der Waals surface area contributed by atoms with Gasteiger partial charge in [0.25, 0.3) is 0 Å². The maximum Gasteiger partial charge on any atom is 0.0689 e. The smallest absolute Gasteiger partial charge is 0.0689 e. The van der Waals surface area contributed by atoms with Gasteiger partial charge in [-0.15, -0.1) is 0 Å².